The quantitative estimate of drug-likeness (QED) is 0.765. The zero-order valence-electron chi connectivity index (χ0n) is 10.4. The Hall–Kier alpha value is -0.570. The molecule has 3 heteroatoms. The lowest BCUT2D eigenvalue weighted by atomic mass is 9.95. The Kier molecular flexibility index (Phi) is 4.58. The van der Waals surface area contributed by atoms with Crippen molar-refractivity contribution in [3.8, 4) is 0 Å². The summed E-state index contributed by atoms with van der Waals surface area (Å²) in [6.45, 7) is 8.51. The van der Waals surface area contributed by atoms with Crippen molar-refractivity contribution in [3.63, 3.8) is 0 Å². The highest BCUT2D eigenvalue weighted by Gasteiger charge is 2.28. The maximum atomic E-state index is 12.0. The van der Waals surface area contributed by atoms with Crippen molar-refractivity contribution in [1.82, 2.24) is 10.2 Å². The Balaban J connectivity index is 2.50. The number of carbonyl (C=O) groups is 1. The molecular formula is C12H24N2O. The summed E-state index contributed by atoms with van der Waals surface area (Å²) >= 11 is 0. The van der Waals surface area contributed by atoms with Crippen LogP contribution in [0.15, 0.2) is 0 Å². The predicted octanol–water partition coefficient (Wildman–Crippen LogP) is 1.49. The first-order chi connectivity index (χ1) is 7.06. The first kappa shape index (κ1) is 12.5. The van der Waals surface area contributed by atoms with E-state index in [2.05, 4.69) is 26.1 Å². The molecule has 15 heavy (non-hydrogen) atoms. The third kappa shape index (κ3) is 3.20. The second-order valence-corrected chi connectivity index (χ2v) is 4.99. The Bertz CT molecular complexity index is 216. The molecule has 1 aliphatic rings. The summed E-state index contributed by atoms with van der Waals surface area (Å²) in [6, 6.07) is 0.0538. The molecule has 0 aromatic carbocycles. The van der Waals surface area contributed by atoms with Crippen molar-refractivity contribution >= 4 is 5.91 Å². The maximum absolute atomic E-state index is 12.0. The van der Waals surface area contributed by atoms with E-state index in [0.29, 0.717) is 11.8 Å². The monoisotopic (exact) mass is 212 g/mol. The largest absolute Gasteiger partial charge is 0.341 e. The fraction of sp³-hybridized carbons (Fsp3) is 0.917. The molecule has 2 atom stereocenters. The summed E-state index contributed by atoms with van der Waals surface area (Å²) in [6.07, 6.45) is 2.12. The summed E-state index contributed by atoms with van der Waals surface area (Å²) in [7, 11) is 1.87. The zero-order valence-corrected chi connectivity index (χ0v) is 10.4. The SMILES string of the molecule is CNC1CCCN(CC(C)C(C)C)C1=O. The van der Waals surface area contributed by atoms with Crippen LogP contribution in [0.4, 0.5) is 0 Å². The lowest BCUT2D eigenvalue weighted by Gasteiger charge is -2.34. The molecule has 1 rings (SSSR count). The van der Waals surface area contributed by atoms with Crippen LogP contribution in [0.25, 0.3) is 0 Å². The van der Waals surface area contributed by atoms with E-state index in [9.17, 15) is 4.79 Å². The molecule has 0 aliphatic carbocycles. The lowest BCUT2D eigenvalue weighted by molar-refractivity contribution is -0.136. The summed E-state index contributed by atoms with van der Waals surface area (Å²) in [5.41, 5.74) is 0. The van der Waals surface area contributed by atoms with Crippen molar-refractivity contribution < 1.29 is 4.79 Å². The van der Waals surface area contributed by atoms with E-state index in [4.69, 9.17) is 0 Å². The third-order valence-electron chi connectivity index (χ3n) is 3.53. The van der Waals surface area contributed by atoms with Gasteiger partial charge >= 0.3 is 0 Å². The summed E-state index contributed by atoms with van der Waals surface area (Å²) in [5, 5.41) is 3.09. The van der Waals surface area contributed by atoms with Gasteiger partial charge in [0, 0.05) is 13.1 Å². The van der Waals surface area contributed by atoms with Crippen LogP contribution in [0.2, 0.25) is 0 Å². The zero-order chi connectivity index (χ0) is 11.4. The molecule has 88 valence electrons. The van der Waals surface area contributed by atoms with E-state index in [1.54, 1.807) is 0 Å². The number of rotatable bonds is 4. The van der Waals surface area contributed by atoms with Gasteiger partial charge in [-0.15, -0.1) is 0 Å². The summed E-state index contributed by atoms with van der Waals surface area (Å²) in [5.74, 6) is 1.52. The van der Waals surface area contributed by atoms with Gasteiger partial charge in [0.1, 0.15) is 0 Å². The standard InChI is InChI=1S/C12H24N2O/c1-9(2)10(3)8-14-7-5-6-11(13-4)12(14)15/h9-11,13H,5-8H2,1-4H3. The van der Waals surface area contributed by atoms with Crippen LogP contribution in [0.1, 0.15) is 33.6 Å². The van der Waals surface area contributed by atoms with Crippen LogP contribution in [0.3, 0.4) is 0 Å². The van der Waals surface area contributed by atoms with E-state index >= 15 is 0 Å². The smallest absolute Gasteiger partial charge is 0.239 e. The molecule has 0 spiro atoms. The predicted molar refractivity (Wildman–Crippen MR) is 62.7 cm³/mol. The molecule has 1 heterocycles. The molecule has 0 bridgehead atoms. The Morgan fingerprint density at radius 2 is 2.13 bits per heavy atom. The van der Waals surface area contributed by atoms with Crippen LogP contribution < -0.4 is 5.32 Å². The van der Waals surface area contributed by atoms with E-state index in [-0.39, 0.29) is 11.9 Å². The van der Waals surface area contributed by atoms with Gasteiger partial charge in [-0.3, -0.25) is 4.79 Å². The molecule has 0 aromatic heterocycles. The Morgan fingerprint density at radius 1 is 1.47 bits per heavy atom. The van der Waals surface area contributed by atoms with Crippen LogP contribution in [0, 0.1) is 11.8 Å². The van der Waals surface area contributed by atoms with Crippen LogP contribution >= 0.6 is 0 Å². The number of likely N-dealkylation sites (tertiary alicyclic amines) is 1. The number of nitrogens with zero attached hydrogens (tertiary/aromatic N) is 1. The molecular weight excluding hydrogens is 188 g/mol. The average molecular weight is 212 g/mol. The fourth-order valence-electron chi connectivity index (χ4n) is 1.95. The highest BCUT2D eigenvalue weighted by atomic mass is 16.2. The highest BCUT2D eigenvalue weighted by Crippen LogP contribution is 2.17. The number of amides is 1. The van der Waals surface area contributed by atoms with Gasteiger partial charge < -0.3 is 10.2 Å². The highest BCUT2D eigenvalue weighted by molar-refractivity contribution is 5.82. The first-order valence-corrected chi connectivity index (χ1v) is 6.02. The molecule has 0 saturated carbocycles. The fourth-order valence-corrected chi connectivity index (χ4v) is 1.95. The molecule has 3 nitrogen and oxygen atoms in total. The number of likely N-dealkylation sites (N-methyl/N-ethyl adjacent to an activating group) is 1. The molecule has 1 saturated heterocycles. The van der Waals surface area contributed by atoms with Gasteiger partial charge in [0.2, 0.25) is 5.91 Å². The van der Waals surface area contributed by atoms with E-state index in [0.717, 1.165) is 25.9 Å². The molecule has 1 fully saturated rings. The van der Waals surface area contributed by atoms with Gasteiger partial charge in [-0.05, 0) is 31.7 Å². The minimum atomic E-state index is 0.0538. The number of hydrogen-bond acceptors (Lipinski definition) is 2. The third-order valence-corrected chi connectivity index (χ3v) is 3.53. The van der Waals surface area contributed by atoms with Gasteiger partial charge in [0.05, 0.1) is 6.04 Å². The second kappa shape index (κ2) is 5.50. The van der Waals surface area contributed by atoms with Crippen molar-refractivity contribution in [2.75, 3.05) is 20.1 Å². The van der Waals surface area contributed by atoms with Gasteiger partial charge in [0.25, 0.3) is 0 Å². The normalized spacial score (nSPS) is 24.7. The van der Waals surface area contributed by atoms with Crippen molar-refractivity contribution in [1.29, 1.82) is 0 Å². The van der Waals surface area contributed by atoms with Crippen LogP contribution in [-0.4, -0.2) is 37.0 Å². The molecule has 1 aliphatic heterocycles. The number of nitrogens with one attached hydrogen (secondary N) is 1. The topological polar surface area (TPSA) is 32.3 Å². The van der Waals surface area contributed by atoms with E-state index in [1.807, 2.05) is 11.9 Å². The molecule has 1 N–H and O–H groups in total. The van der Waals surface area contributed by atoms with Crippen molar-refractivity contribution in [3.05, 3.63) is 0 Å². The minimum absolute atomic E-state index is 0.0538. The lowest BCUT2D eigenvalue weighted by Crippen LogP contribution is -2.51. The van der Waals surface area contributed by atoms with Crippen molar-refractivity contribution in [2.45, 2.75) is 39.7 Å². The van der Waals surface area contributed by atoms with Gasteiger partial charge in [-0.2, -0.15) is 0 Å². The van der Waals surface area contributed by atoms with E-state index < -0.39 is 0 Å². The molecule has 0 aromatic rings. The summed E-state index contributed by atoms with van der Waals surface area (Å²) < 4.78 is 0. The van der Waals surface area contributed by atoms with Crippen LogP contribution in [-0.2, 0) is 4.79 Å². The van der Waals surface area contributed by atoms with Crippen LogP contribution in [0.5, 0.6) is 0 Å². The van der Waals surface area contributed by atoms with Gasteiger partial charge in [-0.25, -0.2) is 0 Å². The minimum Gasteiger partial charge on any atom is -0.341 e. The van der Waals surface area contributed by atoms with Gasteiger partial charge in [0.15, 0.2) is 0 Å². The van der Waals surface area contributed by atoms with Crippen molar-refractivity contribution in [2.24, 2.45) is 11.8 Å². The Morgan fingerprint density at radius 3 is 2.67 bits per heavy atom. The average Bonchev–Trinajstić information content (AvgIpc) is 2.21. The maximum Gasteiger partial charge on any atom is 0.239 e. The van der Waals surface area contributed by atoms with E-state index in [1.165, 1.54) is 0 Å². The Labute approximate surface area is 93.2 Å². The molecule has 1 amide bonds. The second-order valence-electron chi connectivity index (χ2n) is 4.99. The number of carbonyl (C=O) groups excluding carboxylic acids is 1. The summed E-state index contributed by atoms with van der Waals surface area (Å²) in [4.78, 5) is 14.0. The first-order valence-electron chi connectivity index (χ1n) is 6.02. The number of hydrogen-bond donors (Lipinski definition) is 1. The molecule has 2 unspecified atom stereocenters. The van der Waals surface area contributed by atoms with Gasteiger partial charge in [-0.1, -0.05) is 20.8 Å². The number of piperidine rings is 1. The molecule has 0 radical (unpaired) electrons.